The molecule has 1 saturated heterocycles. The van der Waals surface area contributed by atoms with E-state index in [4.69, 9.17) is 0 Å². The fraction of sp³-hybridized carbons (Fsp3) is 0.462. The Hall–Kier alpha value is -1.51. The molecule has 3 heteroatoms. The first-order valence-corrected chi connectivity index (χ1v) is 5.84. The van der Waals surface area contributed by atoms with Crippen LogP contribution in [0.4, 0.5) is 4.79 Å². The third kappa shape index (κ3) is 2.75. The molecule has 0 atom stereocenters. The highest BCUT2D eigenvalue weighted by Gasteiger charge is 2.17. The van der Waals surface area contributed by atoms with Crippen molar-refractivity contribution in [3.05, 3.63) is 35.4 Å². The lowest BCUT2D eigenvalue weighted by Crippen LogP contribution is -2.29. The second-order valence-corrected chi connectivity index (χ2v) is 4.31. The molecule has 86 valence electrons. The Morgan fingerprint density at radius 3 is 2.69 bits per heavy atom. The van der Waals surface area contributed by atoms with Crippen molar-refractivity contribution in [1.29, 1.82) is 0 Å². The van der Waals surface area contributed by atoms with Crippen LogP contribution in [0.3, 0.4) is 0 Å². The van der Waals surface area contributed by atoms with Crippen LogP contribution in [0.25, 0.3) is 0 Å². The van der Waals surface area contributed by atoms with Crippen molar-refractivity contribution in [3.63, 3.8) is 0 Å². The lowest BCUT2D eigenvalue weighted by atomic mass is 10.1. The summed E-state index contributed by atoms with van der Waals surface area (Å²) in [6.07, 6.45) is 2.08. The van der Waals surface area contributed by atoms with Crippen molar-refractivity contribution in [3.8, 4) is 0 Å². The summed E-state index contributed by atoms with van der Waals surface area (Å²) in [5, 5.41) is 2.81. The van der Waals surface area contributed by atoms with Crippen LogP contribution in [-0.4, -0.2) is 30.6 Å². The number of hydrogen-bond acceptors (Lipinski definition) is 1. The molecule has 0 spiro atoms. The van der Waals surface area contributed by atoms with Gasteiger partial charge in [-0.2, -0.15) is 0 Å². The summed E-state index contributed by atoms with van der Waals surface area (Å²) in [4.78, 5) is 13.2. The van der Waals surface area contributed by atoms with Crippen LogP contribution in [-0.2, 0) is 6.42 Å². The van der Waals surface area contributed by atoms with Crippen LogP contribution in [0.15, 0.2) is 24.3 Å². The number of nitrogens with zero attached hydrogens (tertiary/aromatic N) is 1. The molecule has 1 aliphatic rings. The Kier molecular flexibility index (Phi) is 3.44. The van der Waals surface area contributed by atoms with E-state index in [2.05, 4.69) is 36.5 Å². The molecule has 16 heavy (non-hydrogen) atoms. The van der Waals surface area contributed by atoms with E-state index in [1.165, 1.54) is 11.1 Å². The Balaban J connectivity index is 1.75. The van der Waals surface area contributed by atoms with E-state index in [0.29, 0.717) is 0 Å². The van der Waals surface area contributed by atoms with E-state index in [-0.39, 0.29) is 6.03 Å². The number of aryl methyl sites for hydroxylation is 2. The Morgan fingerprint density at radius 1 is 1.31 bits per heavy atom. The fourth-order valence-corrected chi connectivity index (χ4v) is 1.95. The van der Waals surface area contributed by atoms with Gasteiger partial charge in [0.2, 0.25) is 0 Å². The number of benzene rings is 1. The first-order valence-electron chi connectivity index (χ1n) is 5.84. The van der Waals surface area contributed by atoms with Gasteiger partial charge in [-0.25, -0.2) is 4.79 Å². The van der Waals surface area contributed by atoms with Gasteiger partial charge in [-0.1, -0.05) is 29.8 Å². The van der Waals surface area contributed by atoms with Crippen LogP contribution >= 0.6 is 0 Å². The minimum Gasteiger partial charge on any atom is -0.336 e. The van der Waals surface area contributed by atoms with E-state index in [1.807, 2.05) is 4.90 Å². The summed E-state index contributed by atoms with van der Waals surface area (Å²) < 4.78 is 0. The number of carbonyl (C=O) groups excluding carboxylic acids is 1. The van der Waals surface area contributed by atoms with Gasteiger partial charge in [0.25, 0.3) is 0 Å². The van der Waals surface area contributed by atoms with Crippen molar-refractivity contribution in [1.82, 2.24) is 10.2 Å². The van der Waals surface area contributed by atoms with Crippen molar-refractivity contribution in [2.45, 2.75) is 19.8 Å². The lowest BCUT2D eigenvalue weighted by Gasteiger charge is -2.13. The fourth-order valence-electron chi connectivity index (χ4n) is 1.95. The van der Waals surface area contributed by atoms with Gasteiger partial charge in [0, 0.05) is 19.6 Å². The van der Waals surface area contributed by atoms with Crippen LogP contribution in [0.5, 0.6) is 0 Å². The van der Waals surface area contributed by atoms with Gasteiger partial charge in [-0.05, 0) is 25.3 Å². The monoisotopic (exact) mass is 218 g/mol. The first-order chi connectivity index (χ1) is 7.75. The van der Waals surface area contributed by atoms with E-state index in [0.717, 1.165) is 32.5 Å². The standard InChI is InChI=1S/C13H18N2O/c1-11-4-6-12(7-5-11)3-2-9-15-10-8-14-13(15)16/h4-7H,2-3,8-10H2,1H3,(H,14,16). The molecule has 1 N–H and O–H groups in total. The summed E-state index contributed by atoms with van der Waals surface area (Å²) in [5.41, 5.74) is 2.65. The predicted octanol–water partition coefficient (Wildman–Crippen LogP) is 1.95. The minimum atomic E-state index is 0.0870. The van der Waals surface area contributed by atoms with Gasteiger partial charge in [0.1, 0.15) is 0 Å². The van der Waals surface area contributed by atoms with Gasteiger partial charge in [0.15, 0.2) is 0 Å². The molecule has 0 bridgehead atoms. The molecule has 0 unspecified atom stereocenters. The molecule has 0 saturated carbocycles. The molecule has 0 aromatic heterocycles. The number of amides is 2. The highest BCUT2D eigenvalue weighted by atomic mass is 16.2. The summed E-state index contributed by atoms with van der Waals surface area (Å²) in [6, 6.07) is 8.69. The van der Waals surface area contributed by atoms with Gasteiger partial charge in [0.05, 0.1) is 0 Å². The maximum atomic E-state index is 11.3. The van der Waals surface area contributed by atoms with Crippen LogP contribution in [0.1, 0.15) is 17.5 Å². The van der Waals surface area contributed by atoms with Crippen LogP contribution in [0, 0.1) is 6.92 Å². The number of hydrogen-bond donors (Lipinski definition) is 1. The van der Waals surface area contributed by atoms with Crippen molar-refractivity contribution in [2.24, 2.45) is 0 Å². The largest absolute Gasteiger partial charge is 0.336 e. The summed E-state index contributed by atoms with van der Waals surface area (Å²) >= 11 is 0. The molecule has 1 heterocycles. The molecular formula is C13H18N2O. The van der Waals surface area contributed by atoms with Crippen molar-refractivity contribution < 1.29 is 4.79 Å². The maximum Gasteiger partial charge on any atom is 0.317 e. The molecule has 2 rings (SSSR count). The number of urea groups is 1. The van der Waals surface area contributed by atoms with E-state index in [9.17, 15) is 4.79 Å². The molecule has 1 aromatic rings. The molecule has 3 nitrogen and oxygen atoms in total. The minimum absolute atomic E-state index is 0.0870. The van der Waals surface area contributed by atoms with Crippen LogP contribution in [0.2, 0.25) is 0 Å². The Labute approximate surface area is 96.5 Å². The molecule has 0 aliphatic carbocycles. The molecule has 0 radical (unpaired) electrons. The normalized spacial score (nSPS) is 15.3. The van der Waals surface area contributed by atoms with Gasteiger partial charge >= 0.3 is 6.03 Å². The highest BCUT2D eigenvalue weighted by molar-refractivity contribution is 5.76. The average molecular weight is 218 g/mol. The second kappa shape index (κ2) is 5.01. The number of rotatable bonds is 4. The smallest absolute Gasteiger partial charge is 0.317 e. The zero-order valence-corrected chi connectivity index (χ0v) is 9.70. The predicted molar refractivity (Wildman–Crippen MR) is 64.5 cm³/mol. The summed E-state index contributed by atoms with van der Waals surface area (Å²) in [6.45, 7) is 4.61. The van der Waals surface area contributed by atoms with Gasteiger partial charge < -0.3 is 10.2 Å². The molecule has 1 fully saturated rings. The molecule has 1 aliphatic heterocycles. The number of carbonyl (C=O) groups is 1. The van der Waals surface area contributed by atoms with E-state index >= 15 is 0 Å². The zero-order valence-electron chi connectivity index (χ0n) is 9.70. The Morgan fingerprint density at radius 2 is 2.06 bits per heavy atom. The third-order valence-corrected chi connectivity index (χ3v) is 2.96. The van der Waals surface area contributed by atoms with E-state index in [1.54, 1.807) is 0 Å². The lowest BCUT2D eigenvalue weighted by molar-refractivity contribution is 0.217. The molecule has 1 aromatic carbocycles. The van der Waals surface area contributed by atoms with Crippen molar-refractivity contribution >= 4 is 6.03 Å². The summed E-state index contributed by atoms with van der Waals surface area (Å²) in [7, 11) is 0. The van der Waals surface area contributed by atoms with Gasteiger partial charge in [-0.3, -0.25) is 0 Å². The second-order valence-electron chi connectivity index (χ2n) is 4.31. The number of nitrogens with one attached hydrogen (secondary N) is 1. The SMILES string of the molecule is Cc1ccc(CCCN2CCNC2=O)cc1. The molecular weight excluding hydrogens is 200 g/mol. The Bertz CT molecular complexity index is 359. The topological polar surface area (TPSA) is 32.3 Å². The third-order valence-electron chi connectivity index (χ3n) is 2.96. The van der Waals surface area contributed by atoms with E-state index < -0.39 is 0 Å². The van der Waals surface area contributed by atoms with Crippen LogP contribution < -0.4 is 5.32 Å². The van der Waals surface area contributed by atoms with Crippen molar-refractivity contribution in [2.75, 3.05) is 19.6 Å². The van der Waals surface area contributed by atoms with Gasteiger partial charge in [-0.15, -0.1) is 0 Å². The average Bonchev–Trinajstić information content (AvgIpc) is 2.68. The maximum absolute atomic E-state index is 11.3. The quantitative estimate of drug-likeness (QED) is 0.823. The highest BCUT2D eigenvalue weighted by Crippen LogP contribution is 2.07. The zero-order chi connectivity index (χ0) is 11.4. The molecule has 2 amide bonds. The summed E-state index contributed by atoms with van der Waals surface area (Å²) in [5.74, 6) is 0. The first kappa shape index (κ1) is 11.0.